The van der Waals surface area contributed by atoms with Crippen LogP contribution in [0.2, 0.25) is 0 Å². The van der Waals surface area contributed by atoms with Crippen LogP contribution in [0.3, 0.4) is 0 Å². The molecule has 112 valence electrons. The fourth-order valence-electron chi connectivity index (χ4n) is 1.70. The minimum absolute atomic E-state index is 0.0721. The van der Waals surface area contributed by atoms with Gasteiger partial charge in [0.2, 0.25) is 5.91 Å². The lowest BCUT2D eigenvalue weighted by Crippen LogP contribution is -2.32. The summed E-state index contributed by atoms with van der Waals surface area (Å²) in [6.07, 6.45) is 3.13. The molecule has 6 N–H and O–H groups in total. The Morgan fingerprint density at radius 3 is 2.95 bits per heavy atom. The Kier molecular flexibility index (Phi) is 6.75. The maximum Gasteiger partial charge on any atom is 0.292 e. The van der Waals surface area contributed by atoms with Crippen molar-refractivity contribution < 1.29 is 9.90 Å². The van der Waals surface area contributed by atoms with Gasteiger partial charge in [0, 0.05) is 38.3 Å². The molecule has 0 saturated carbocycles. The fraction of sp³-hybridized carbons (Fsp3) is 0.538. The first-order valence-corrected chi connectivity index (χ1v) is 6.65. The van der Waals surface area contributed by atoms with Crippen LogP contribution in [-0.2, 0) is 11.3 Å². The van der Waals surface area contributed by atoms with Crippen LogP contribution in [-0.4, -0.2) is 34.7 Å². The second-order valence-corrected chi connectivity index (χ2v) is 4.63. The van der Waals surface area contributed by atoms with Gasteiger partial charge in [-0.05, 0) is 25.0 Å². The van der Waals surface area contributed by atoms with Gasteiger partial charge in [0.05, 0.1) is 0 Å². The lowest BCUT2D eigenvalue weighted by atomic mass is 10.1. The maximum atomic E-state index is 11.5. The van der Waals surface area contributed by atoms with E-state index in [1.807, 2.05) is 0 Å². The number of aryl methyl sites for hydroxylation is 1. The summed E-state index contributed by atoms with van der Waals surface area (Å²) in [5.74, 6) is -0.343. The minimum atomic E-state index is -0.423. The van der Waals surface area contributed by atoms with Crippen molar-refractivity contribution in [3.63, 3.8) is 0 Å². The summed E-state index contributed by atoms with van der Waals surface area (Å²) in [6, 6.07) is 2.80. The highest BCUT2D eigenvalue weighted by Gasteiger charge is 2.05. The zero-order valence-electron chi connectivity index (χ0n) is 11.4. The maximum absolute atomic E-state index is 11.5. The van der Waals surface area contributed by atoms with E-state index in [1.165, 1.54) is 10.6 Å². The number of amides is 1. The largest absolute Gasteiger partial charge is 0.503 e. The molecule has 1 amide bonds. The van der Waals surface area contributed by atoms with Gasteiger partial charge in [-0.15, -0.1) is 0 Å². The zero-order valence-corrected chi connectivity index (χ0v) is 11.4. The smallest absolute Gasteiger partial charge is 0.292 e. The predicted molar refractivity (Wildman–Crippen MR) is 76.3 cm³/mol. The van der Waals surface area contributed by atoms with E-state index in [4.69, 9.17) is 11.5 Å². The van der Waals surface area contributed by atoms with E-state index in [0.29, 0.717) is 38.9 Å². The molecule has 1 aromatic rings. The molecular formula is C13H22N4O3. The van der Waals surface area contributed by atoms with Gasteiger partial charge in [-0.1, -0.05) is 0 Å². The standard InChI is InChI=1S/C13H22N4O3/c14-9-10(15)4-5-12(19)16-6-2-8-17-7-1-3-11(18)13(17)20/h1,3,7,10,18H,2,4-6,8-9,14-15H2,(H,16,19). The van der Waals surface area contributed by atoms with Crippen LogP contribution >= 0.6 is 0 Å². The van der Waals surface area contributed by atoms with Crippen LogP contribution in [0, 0.1) is 0 Å². The van der Waals surface area contributed by atoms with Gasteiger partial charge < -0.3 is 26.5 Å². The van der Waals surface area contributed by atoms with Crippen molar-refractivity contribution >= 4 is 5.91 Å². The first-order chi connectivity index (χ1) is 9.54. The molecular weight excluding hydrogens is 260 g/mol. The number of nitrogens with two attached hydrogens (primary N) is 2. The molecule has 7 heteroatoms. The molecule has 0 fully saturated rings. The topological polar surface area (TPSA) is 123 Å². The van der Waals surface area contributed by atoms with Crippen LogP contribution < -0.4 is 22.3 Å². The van der Waals surface area contributed by atoms with Crippen LogP contribution in [0.5, 0.6) is 5.75 Å². The van der Waals surface area contributed by atoms with Crippen molar-refractivity contribution in [1.82, 2.24) is 9.88 Å². The molecule has 20 heavy (non-hydrogen) atoms. The van der Waals surface area contributed by atoms with Gasteiger partial charge in [0.15, 0.2) is 5.75 Å². The average molecular weight is 282 g/mol. The van der Waals surface area contributed by atoms with Gasteiger partial charge in [-0.3, -0.25) is 9.59 Å². The molecule has 0 aliphatic carbocycles. The lowest BCUT2D eigenvalue weighted by molar-refractivity contribution is -0.121. The molecule has 7 nitrogen and oxygen atoms in total. The van der Waals surface area contributed by atoms with E-state index in [0.717, 1.165) is 0 Å². The van der Waals surface area contributed by atoms with Crippen molar-refractivity contribution in [3.8, 4) is 5.75 Å². The third-order valence-corrected chi connectivity index (χ3v) is 2.94. The van der Waals surface area contributed by atoms with Crippen LogP contribution in [0.4, 0.5) is 0 Å². The summed E-state index contributed by atoms with van der Waals surface area (Å²) in [7, 11) is 0. The van der Waals surface area contributed by atoms with Crippen LogP contribution in [0.25, 0.3) is 0 Å². The molecule has 0 aliphatic rings. The van der Waals surface area contributed by atoms with Crippen molar-refractivity contribution in [2.75, 3.05) is 13.1 Å². The number of hydrogen-bond donors (Lipinski definition) is 4. The Balaban J connectivity index is 2.23. The summed E-state index contributed by atoms with van der Waals surface area (Å²) < 4.78 is 1.41. The molecule has 1 atom stereocenters. The van der Waals surface area contributed by atoms with E-state index >= 15 is 0 Å². The number of hydrogen-bond acceptors (Lipinski definition) is 5. The Morgan fingerprint density at radius 2 is 2.25 bits per heavy atom. The van der Waals surface area contributed by atoms with Gasteiger partial charge in [0.1, 0.15) is 0 Å². The predicted octanol–water partition coefficient (Wildman–Crippen LogP) is -0.874. The summed E-state index contributed by atoms with van der Waals surface area (Å²) >= 11 is 0. The summed E-state index contributed by atoms with van der Waals surface area (Å²) in [5, 5.41) is 12.0. The van der Waals surface area contributed by atoms with Gasteiger partial charge in [-0.25, -0.2) is 0 Å². The van der Waals surface area contributed by atoms with Crippen LogP contribution in [0.15, 0.2) is 23.1 Å². The quantitative estimate of drug-likeness (QED) is 0.461. The Labute approximate surface area is 117 Å². The van der Waals surface area contributed by atoms with E-state index in [-0.39, 0.29) is 17.7 Å². The highest BCUT2D eigenvalue weighted by atomic mass is 16.3. The molecule has 0 saturated heterocycles. The number of aromatic nitrogens is 1. The minimum Gasteiger partial charge on any atom is -0.503 e. The summed E-state index contributed by atoms with van der Waals surface area (Å²) in [4.78, 5) is 23.0. The molecule has 1 unspecified atom stereocenters. The summed E-state index contributed by atoms with van der Waals surface area (Å²) in [5.41, 5.74) is 10.6. The number of rotatable bonds is 8. The highest BCUT2D eigenvalue weighted by molar-refractivity contribution is 5.75. The van der Waals surface area contributed by atoms with E-state index in [9.17, 15) is 14.7 Å². The van der Waals surface area contributed by atoms with E-state index in [1.54, 1.807) is 12.3 Å². The second kappa shape index (κ2) is 8.34. The Bertz CT molecular complexity index is 487. The summed E-state index contributed by atoms with van der Waals surface area (Å²) in [6.45, 7) is 1.28. The molecule has 0 aromatic carbocycles. The lowest BCUT2D eigenvalue weighted by Gasteiger charge is -2.09. The molecule has 0 spiro atoms. The number of nitrogens with zero attached hydrogens (tertiary/aromatic N) is 1. The fourth-order valence-corrected chi connectivity index (χ4v) is 1.70. The Hall–Kier alpha value is -1.86. The SMILES string of the molecule is NCC(N)CCC(=O)NCCCn1cccc(O)c1=O. The van der Waals surface area contributed by atoms with Crippen molar-refractivity contribution in [2.45, 2.75) is 31.8 Å². The first kappa shape index (κ1) is 16.2. The molecule has 1 rings (SSSR count). The van der Waals surface area contributed by atoms with Gasteiger partial charge in [-0.2, -0.15) is 0 Å². The van der Waals surface area contributed by atoms with Crippen molar-refractivity contribution in [3.05, 3.63) is 28.7 Å². The average Bonchev–Trinajstić information content (AvgIpc) is 2.45. The van der Waals surface area contributed by atoms with E-state index < -0.39 is 5.56 Å². The first-order valence-electron chi connectivity index (χ1n) is 6.65. The third-order valence-electron chi connectivity index (χ3n) is 2.94. The Morgan fingerprint density at radius 1 is 1.50 bits per heavy atom. The van der Waals surface area contributed by atoms with Gasteiger partial charge in [0.25, 0.3) is 5.56 Å². The number of aromatic hydroxyl groups is 1. The number of pyridine rings is 1. The molecule has 0 aliphatic heterocycles. The second-order valence-electron chi connectivity index (χ2n) is 4.63. The van der Waals surface area contributed by atoms with E-state index in [2.05, 4.69) is 5.32 Å². The molecule has 0 radical (unpaired) electrons. The number of nitrogens with one attached hydrogen (secondary N) is 1. The monoisotopic (exact) mass is 282 g/mol. The molecule has 1 aromatic heterocycles. The van der Waals surface area contributed by atoms with Gasteiger partial charge >= 0.3 is 0 Å². The molecule has 1 heterocycles. The normalized spacial score (nSPS) is 12.1. The zero-order chi connectivity index (χ0) is 15.0. The molecule has 0 bridgehead atoms. The highest BCUT2D eigenvalue weighted by Crippen LogP contribution is 1.98. The van der Waals surface area contributed by atoms with Crippen LogP contribution in [0.1, 0.15) is 19.3 Å². The third kappa shape index (κ3) is 5.41. The number of carbonyl (C=O) groups is 1. The number of carbonyl (C=O) groups excluding carboxylic acids is 1. The van der Waals surface area contributed by atoms with Crippen molar-refractivity contribution in [2.24, 2.45) is 11.5 Å². The van der Waals surface area contributed by atoms with Crippen molar-refractivity contribution in [1.29, 1.82) is 0 Å².